The molecule has 0 aromatic heterocycles. The summed E-state index contributed by atoms with van der Waals surface area (Å²) in [4.78, 5) is 0. The van der Waals surface area contributed by atoms with Crippen molar-refractivity contribution in [3.8, 4) is 0 Å². The normalized spacial score (nSPS) is 20.3. The standard InChI is InChI=1S/C8H13F4N/c9-6(10)5(7(11)12)1-2-8(13)3-4-8/h5-7H,1-4,13H2. The lowest BCUT2D eigenvalue weighted by atomic mass is 10.00. The molecule has 0 unspecified atom stereocenters. The van der Waals surface area contributed by atoms with Gasteiger partial charge in [0, 0.05) is 5.54 Å². The zero-order valence-electron chi connectivity index (χ0n) is 7.15. The zero-order chi connectivity index (χ0) is 10.1. The van der Waals surface area contributed by atoms with Gasteiger partial charge in [-0.3, -0.25) is 0 Å². The van der Waals surface area contributed by atoms with Gasteiger partial charge in [0.25, 0.3) is 0 Å². The number of halogens is 4. The van der Waals surface area contributed by atoms with Gasteiger partial charge in [-0.05, 0) is 25.7 Å². The highest BCUT2D eigenvalue weighted by Gasteiger charge is 2.40. The minimum Gasteiger partial charge on any atom is -0.325 e. The van der Waals surface area contributed by atoms with Crippen LogP contribution in [-0.2, 0) is 0 Å². The van der Waals surface area contributed by atoms with Crippen molar-refractivity contribution >= 4 is 0 Å². The number of nitrogens with two attached hydrogens (primary N) is 1. The molecule has 0 amide bonds. The van der Waals surface area contributed by atoms with Crippen LogP contribution in [0.15, 0.2) is 0 Å². The maximum Gasteiger partial charge on any atom is 0.246 e. The van der Waals surface area contributed by atoms with Gasteiger partial charge in [0.15, 0.2) is 0 Å². The third kappa shape index (κ3) is 3.14. The molecule has 0 spiro atoms. The van der Waals surface area contributed by atoms with E-state index in [-0.39, 0.29) is 12.8 Å². The minimum absolute atomic E-state index is 0.175. The van der Waals surface area contributed by atoms with Crippen LogP contribution in [0.3, 0.4) is 0 Å². The van der Waals surface area contributed by atoms with Crippen molar-refractivity contribution in [3.05, 3.63) is 0 Å². The molecule has 1 saturated carbocycles. The molecular formula is C8H13F4N. The molecule has 1 rings (SSSR count). The molecule has 0 aromatic rings. The zero-order valence-corrected chi connectivity index (χ0v) is 7.15. The first-order valence-corrected chi connectivity index (χ1v) is 4.30. The van der Waals surface area contributed by atoms with Crippen molar-refractivity contribution in [2.45, 2.75) is 44.1 Å². The van der Waals surface area contributed by atoms with Crippen molar-refractivity contribution in [2.75, 3.05) is 0 Å². The van der Waals surface area contributed by atoms with E-state index in [1.54, 1.807) is 0 Å². The summed E-state index contributed by atoms with van der Waals surface area (Å²) in [6.07, 6.45) is -4.24. The lowest BCUT2D eigenvalue weighted by Gasteiger charge is -2.16. The van der Waals surface area contributed by atoms with E-state index in [1.165, 1.54) is 0 Å². The molecule has 13 heavy (non-hydrogen) atoms. The molecular weight excluding hydrogens is 186 g/mol. The highest BCUT2D eigenvalue weighted by atomic mass is 19.3. The minimum atomic E-state index is -2.94. The molecule has 78 valence electrons. The second kappa shape index (κ2) is 3.82. The van der Waals surface area contributed by atoms with Gasteiger partial charge >= 0.3 is 0 Å². The van der Waals surface area contributed by atoms with Crippen LogP contribution in [0.1, 0.15) is 25.7 Å². The van der Waals surface area contributed by atoms with Gasteiger partial charge in [-0.1, -0.05) is 0 Å². The van der Waals surface area contributed by atoms with Gasteiger partial charge in [-0.15, -0.1) is 0 Å². The fourth-order valence-electron chi connectivity index (χ4n) is 1.23. The van der Waals surface area contributed by atoms with E-state index in [4.69, 9.17) is 5.73 Å². The monoisotopic (exact) mass is 199 g/mol. The van der Waals surface area contributed by atoms with Crippen LogP contribution in [0.4, 0.5) is 17.6 Å². The Kier molecular flexibility index (Phi) is 3.16. The van der Waals surface area contributed by atoms with Gasteiger partial charge in [0.05, 0.1) is 5.92 Å². The lowest BCUT2D eigenvalue weighted by molar-refractivity contribution is -0.0321. The molecule has 0 aliphatic heterocycles. The molecule has 0 atom stereocenters. The number of hydrogen-bond donors (Lipinski definition) is 1. The van der Waals surface area contributed by atoms with Gasteiger partial charge in [-0.2, -0.15) is 0 Å². The van der Waals surface area contributed by atoms with Crippen LogP contribution in [0.25, 0.3) is 0 Å². The Morgan fingerprint density at radius 2 is 1.54 bits per heavy atom. The molecule has 1 fully saturated rings. The average Bonchev–Trinajstić information content (AvgIpc) is 2.67. The van der Waals surface area contributed by atoms with Crippen molar-refractivity contribution in [2.24, 2.45) is 11.7 Å². The van der Waals surface area contributed by atoms with Crippen LogP contribution in [0.5, 0.6) is 0 Å². The maximum atomic E-state index is 12.0. The third-order valence-electron chi connectivity index (χ3n) is 2.52. The third-order valence-corrected chi connectivity index (χ3v) is 2.52. The van der Waals surface area contributed by atoms with Gasteiger partial charge < -0.3 is 5.73 Å². The van der Waals surface area contributed by atoms with Crippen LogP contribution in [-0.4, -0.2) is 18.4 Å². The van der Waals surface area contributed by atoms with E-state index in [0.29, 0.717) is 0 Å². The van der Waals surface area contributed by atoms with Crippen LogP contribution in [0, 0.1) is 5.92 Å². The molecule has 5 heteroatoms. The molecule has 0 heterocycles. The molecule has 1 aliphatic carbocycles. The summed E-state index contributed by atoms with van der Waals surface area (Å²) in [6.45, 7) is 0. The van der Waals surface area contributed by atoms with Gasteiger partial charge in [0.2, 0.25) is 12.9 Å². The van der Waals surface area contributed by atoms with Gasteiger partial charge in [0.1, 0.15) is 0 Å². The Morgan fingerprint density at radius 1 is 1.08 bits per heavy atom. The number of alkyl halides is 4. The van der Waals surface area contributed by atoms with Crippen molar-refractivity contribution in [1.29, 1.82) is 0 Å². The summed E-state index contributed by atoms with van der Waals surface area (Å²) < 4.78 is 48.1. The van der Waals surface area contributed by atoms with E-state index >= 15 is 0 Å². The molecule has 1 nitrogen and oxygen atoms in total. The molecule has 0 saturated heterocycles. The van der Waals surface area contributed by atoms with Gasteiger partial charge in [-0.25, -0.2) is 17.6 Å². The summed E-state index contributed by atoms with van der Waals surface area (Å²) in [5.74, 6) is -1.80. The Bertz CT molecular complexity index is 160. The maximum absolute atomic E-state index is 12.0. The van der Waals surface area contributed by atoms with E-state index in [1.807, 2.05) is 0 Å². The first kappa shape index (κ1) is 10.8. The van der Waals surface area contributed by atoms with E-state index in [9.17, 15) is 17.6 Å². The molecule has 0 radical (unpaired) electrons. The van der Waals surface area contributed by atoms with E-state index in [0.717, 1.165) is 12.8 Å². The van der Waals surface area contributed by atoms with Crippen molar-refractivity contribution in [3.63, 3.8) is 0 Å². The van der Waals surface area contributed by atoms with E-state index < -0.39 is 24.3 Å². The number of hydrogen-bond acceptors (Lipinski definition) is 1. The highest BCUT2D eigenvalue weighted by Crippen LogP contribution is 2.39. The van der Waals surface area contributed by atoms with Crippen molar-refractivity contribution in [1.82, 2.24) is 0 Å². The quantitative estimate of drug-likeness (QED) is 0.676. The average molecular weight is 199 g/mol. The predicted molar refractivity (Wildman–Crippen MR) is 40.9 cm³/mol. The largest absolute Gasteiger partial charge is 0.325 e. The smallest absolute Gasteiger partial charge is 0.246 e. The molecule has 2 N–H and O–H groups in total. The SMILES string of the molecule is NC1(CCC(C(F)F)C(F)F)CC1. The number of rotatable bonds is 5. The summed E-state index contributed by atoms with van der Waals surface area (Å²) in [7, 11) is 0. The first-order chi connectivity index (χ1) is 5.94. The second-order valence-corrected chi connectivity index (χ2v) is 3.73. The summed E-state index contributed by atoms with van der Waals surface area (Å²) >= 11 is 0. The van der Waals surface area contributed by atoms with Crippen LogP contribution >= 0.6 is 0 Å². The van der Waals surface area contributed by atoms with E-state index in [2.05, 4.69) is 0 Å². The lowest BCUT2D eigenvalue weighted by Crippen LogP contribution is -2.27. The summed E-state index contributed by atoms with van der Waals surface area (Å²) in [5, 5.41) is 0. The highest BCUT2D eigenvalue weighted by molar-refractivity contribution is 4.98. The Labute approximate surface area is 74.3 Å². The van der Waals surface area contributed by atoms with Crippen molar-refractivity contribution < 1.29 is 17.6 Å². The Balaban J connectivity index is 2.30. The second-order valence-electron chi connectivity index (χ2n) is 3.73. The Hall–Kier alpha value is -0.320. The summed E-state index contributed by atoms with van der Waals surface area (Å²) in [6, 6.07) is 0. The van der Waals surface area contributed by atoms with Crippen LogP contribution in [0.2, 0.25) is 0 Å². The fourth-order valence-corrected chi connectivity index (χ4v) is 1.23. The predicted octanol–water partition coefficient (Wildman–Crippen LogP) is 2.40. The first-order valence-electron chi connectivity index (χ1n) is 4.30. The molecule has 0 bridgehead atoms. The molecule has 1 aliphatic rings. The molecule has 0 aromatic carbocycles. The topological polar surface area (TPSA) is 26.0 Å². The fraction of sp³-hybridized carbons (Fsp3) is 1.00. The Morgan fingerprint density at radius 3 is 1.85 bits per heavy atom. The van der Waals surface area contributed by atoms with Crippen LogP contribution < -0.4 is 5.73 Å². The summed E-state index contributed by atoms with van der Waals surface area (Å²) in [5.41, 5.74) is 5.19.